The van der Waals surface area contributed by atoms with E-state index >= 15 is 0 Å². The van der Waals surface area contributed by atoms with Crippen LogP contribution in [-0.4, -0.2) is 5.91 Å². The van der Waals surface area contributed by atoms with E-state index < -0.39 is 0 Å². The number of hydrogen-bond acceptors (Lipinski definition) is 2. The average Bonchev–Trinajstić information content (AvgIpc) is 2.48. The van der Waals surface area contributed by atoms with Gasteiger partial charge in [-0.3, -0.25) is 4.79 Å². The first-order valence-electron chi connectivity index (χ1n) is 6.72. The summed E-state index contributed by atoms with van der Waals surface area (Å²) in [6.45, 7) is 0.656. The van der Waals surface area contributed by atoms with E-state index in [1.165, 1.54) is 5.56 Å². The topological polar surface area (TPSA) is 41.1 Å². The third kappa shape index (κ3) is 3.39. The summed E-state index contributed by atoms with van der Waals surface area (Å²) in [6.07, 6.45) is 1.34. The molecule has 2 aromatic carbocycles. The maximum absolute atomic E-state index is 11.3. The SMILES string of the molecule is O=C1CCc2cc(NCc3cc(Br)ccc3Cl)ccc2N1. The van der Waals surface area contributed by atoms with E-state index in [0.29, 0.717) is 13.0 Å². The largest absolute Gasteiger partial charge is 0.381 e. The predicted octanol–water partition coefficient (Wildman–Crippen LogP) is 4.60. The van der Waals surface area contributed by atoms with Crippen LogP contribution in [0.4, 0.5) is 11.4 Å². The van der Waals surface area contributed by atoms with Crippen LogP contribution in [0.1, 0.15) is 17.5 Å². The first-order valence-corrected chi connectivity index (χ1v) is 7.89. The van der Waals surface area contributed by atoms with Gasteiger partial charge < -0.3 is 10.6 Å². The van der Waals surface area contributed by atoms with Crippen LogP contribution in [0.3, 0.4) is 0 Å². The number of nitrogens with one attached hydrogen (secondary N) is 2. The van der Waals surface area contributed by atoms with Crippen molar-refractivity contribution in [3.8, 4) is 0 Å². The molecule has 1 aliphatic heterocycles. The molecule has 21 heavy (non-hydrogen) atoms. The van der Waals surface area contributed by atoms with E-state index in [2.05, 4.69) is 32.6 Å². The fourth-order valence-corrected chi connectivity index (χ4v) is 2.96. The Morgan fingerprint density at radius 3 is 2.90 bits per heavy atom. The summed E-state index contributed by atoms with van der Waals surface area (Å²) >= 11 is 9.64. The van der Waals surface area contributed by atoms with Gasteiger partial charge in [0.25, 0.3) is 0 Å². The van der Waals surface area contributed by atoms with Crippen LogP contribution in [0, 0.1) is 0 Å². The van der Waals surface area contributed by atoms with Crippen LogP contribution in [0.2, 0.25) is 5.02 Å². The Bertz CT molecular complexity index is 703. The first-order chi connectivity index (χ1) is 10.1. The molecular weight excluding hydrogens is 352 g/mol. The molecule has 3 rings (SSSR count). The van der Waals surface area contributed by atoms with Crippen LogP contribution < -0.4 is 10.6 Å². The number of halogens is 2. The number of aryl methyl sites for hydroxylation is 1. The molecule has 0 fully saturated rings. The highest BCUT2D eigenvalue weighted by Crippen LogP contribution is 2.27. The molecule has 1 amide bonds. The molecule has 0 bridgehead atoms. The zero-order valence-corrected chi connectivity index (χ0v) is 13.6. The van der Waals surface area contributed by atoms with Crippen molar-refractivity contribution in [2.75, 3.05) is 10.6 Å². The van der Waals surface area contributed by atoms with Crippen molar-refractivity contribution in [3.05, 3.63) is 57.0 Å². The number of fused-ring (bicyclic) bond motifs is 1. The van der Waals surface area contributed by atoms with Crippen molar-refractivity contribution in [2.24, 2.45) is 0 Å². The van der Waals surface area contributed by atoms with Crippen LogP contribution in [0.25, 0.3) is 0 Å². The van der Waals surface area contributed by atoms with Gasteiger partial charge in [0.05, 0.1) is 0 Å². The lowest BCUT2D eigenvalue weighted by Crippen LogP contribution is -2.18. The molecule has 0 saturated heterocycles. The van der Waals surface area contributed by atoms with Crippen LogP contribution in [-0.2, 0) is 17.8 Å². The molecule has 0 spiro atoms. The number of benzene rings is 2. The highest BCUT2D eigenvalue weighted by Gasteiger charge is 2.14. The maximum Gasteiger partial charge on any atom is 0.224 e. The van der Waals surface area contributed by atoms with E-state index in [1.54, 1.807) is 0 Å². The molecule has 1 aliphatic rings. The summed E-state index contributed by atoms with van der Waals surface area (Å²) in [5.74, 6) is 0.0872. The Labute approximate surface area is 136 Å². The molecule has 108 valence electrons. The summed E-state index contributed by atoms with van der Waals surface area (Å²) in [5.41, 5.74) is 4.15. The summed E-state index contributed by atoms with van der Waals surface area (Å²) in [6, 6.07) is 11.8. The smallest absolute Gasteiger partial charge is 0.224 e. The van der Waals surface area contributed by atoms with Gasteiger partial charge in [0.2, 0.25) is 5.91 Å². The van der Waals surface area contributed by atoms with E-state index in [-0.39, 0.29) is 5.91 Å². The zero-order valence-electron chi connectivity index (χ0n) is 11.2. The maximum atomic E-state index is 11.3. The van der Waals surface area contributed by atoms with Crippen LogP contribution in [0.5, 0.6) is 0 Å². The molecule has 0 saturated carbocycles. The minimum absolute atomic E-state index is 0.0872. The second-order valence-corrected chi connectivity index (χ2v) is 6.33. The second-order valence-electron chi connectivity index (χ2n) is 5.01. The highest BCUT2D eigenvalue weighted by molar-refractivity contribution is 9.10. The molecule has 1 heterocycles. The minimum atomic E-state index is 0.0872. The normalized spacial score (nSPS) is 13.5. The summed E-state index contributed by atoms with van der Waals surface area (Å²) in [4.78, 5) is 11.3. The zero-order chi connectivity index (χ0) is 14.8. The van der Waals surface area contributed by atoms with E-state index in [1.807, 2.05) is 30.3 Å². The second kappa shape index (κ2) is 6.08. The standard InChI is InChI=1S/C16H14BrClN2O/c17-12-2-4-14(18)11(7-12)9-19-13-3-5-15-10(8-13)1-6-16(21)20-15/h2-5,7-8,19H,1,6,9H2,(H,20,21). The highest BCUT2D eigenvalue weighted by atomic mass is 79.9. The number of anilines is 2. The lowest BCUT2D eigenvalue weighted by molar-refractivity contribution is -0.116. The van der Waals surface area contributed by atoms with Gasteiger partial charge in [0.15, 0.2) is 0 Å². The average molecular weight is 366 g/mol. The van der Waals surface area contributed by atoms with Crippen molar-refractivity contribution < 1.29 is 4.79 Å². The quantitative estimate of drug-likeness (QED) is 0.834. The molecular formula is C16H14BrClN2O. The number of hydrogen-bond donors (Lipinski definition) is 2. The minimum Gasteiger partial charge on any atom is -0.381 e. The van der Waals surface area contributed by atoms with Crippen LogP contribution >= 0.6 is 27.5 Å². The molecule has 5 heteroatoms. The first kappa shape index (κ1) is 14.4. The number of rotatable bonds is 3. The van der Waals surface area contributed by atoms with E-state index in [4.69, 9.17) is 11.6 Å². The Balaban J connectivity index is 1.74. The molecule has 0 radical (unpaired) electrons. The molecule has 0 aliphatic carbocycles. The van der Waals surface area contributed by atoms with Gasteiger partial charge in [0, 0.05) is 33.8 Å². The number of carbonyl (C=O) groups excluding carboxylic acids is 1. The monoisotopic (exact) mass is 364 g/mol. The van der Waals surface area contributed by atoms with Gasteiger partial charge in [-0.2, -0.15) is 0 Å². The molecule has 2 N–H and O–H groups in total. The van der Waals surface area contributed by atoms with Gasteiger partial charge in [-0.1, -0.05) is 27.5 Å². The van der Waals surface area contributed by atoms with Gasteiger partial charge >= 0.3 is 0 Å². The molecule has 2 aromatic rings. The van der Waals surface area contributed by atoms with Gasteiger partial charge in [-0.25, -0.2) is 0 Å². The van der Waals surface area contributed by atoms with E-state index in [0.717, 1.165) is 32.9 Å². The summed E-state index contributed by atoms with van der Waals surface area (Å²) in [5, 5.41) is 7.00. The van der Waals surface area contributed by atoms with E-state index in [9.17, 15) is 4.79 Å². The van der Waals surface area contributed by atoms with Crippen molar-refractivity contribution in [1.82, 2.24) is 0 Å². The van der Waals surface area contributed by atoms with Crippen molar-refractivity contribution in [3.63, 3.8) is 0 Å². The predicted molar refractivity (Wildman–Crippen MR) is 89.9 cm³/mol. The number of amides is 1. The fourth-order valence-electron chi connectivity index (χ4n) is 2.37. The van der Waals surface area contributed by atoms with Crippen molar-refractivity contribution >= 4 is 44.8 Å². The Morgan fingerprint density at radius 1 is 1.19 bits per heavy atom. The van der Waals surface area contributed by atoms with Gasteiger partial charge in [0.1, 0.15) is 0 Å². The molecule has 3 nitrogen and oxygen atoms in total. The van der Waals surface area contributed by atoms with Crippen molar-refractivity contribution in [1.29, 1.82) is 0 Å². The molecule has 0 unspecified atom stereocenters. The third-order valence-electron chi connectivity index (χ3n) is 3.49. The fraction of sp³-hybridized carbons (Fsp3) is 0.188. The lowest BCUT2D eigenvalue weighted by Gasteiger charge is -2.18. The Kier molecular flexibility index (Phi) is 4.17. The summed E-state index contributed by atoms with van der Waals surface area (Å²) < 4.78 is 1.01. The summed E-state index contributed by atoms with van der Waals surface area (Å²) in [7, 11) is 0. The van der Waals surface area contributed by atoms with Crippen molar-refractivity contribution in [2.45, 2.75) is 19.4 Å². The third-order valence-corrected chi connectivity index (χ3v) is 4.35. The Morgan fingerprint density at radius 2 is 2.05 bits per heavy atom. The molecule has 0 aromatic heterocycles. The Hall–Kier alpha value is -1.52. The van der Waals surface area contributed by atoms with Gasteiger partial charge in [-0.15, -0.1) is 0 Å². The van der Waals surface area contributed by atoms with Crippen LogP contribution in [0.15, 0.2) is 40.9 Å². The number of carbonyl (C=O) groups is 1. The molecule has 0 atom stereocenters. The van der Waals surface area contributed by atoms with Gasteiger partial charge in [-0.05, 0) is 53.9 Å². The lowest BCUT2D eigenvalue weighted by atomic mass is 10.0.